The van der Waals surface area contributed by atoms with Crippen molar-refractivity contribution in [2.45, 2.75) is 40.0 Å². The zero-order valence-electron chi connectivity index (χ0n) is 15.0. The number of carboxylic acids is 1. The highest BCUT2D eigenvalue weighted by Gasteiger charge is 2.27. The van der Waals surface area contributed by atoms with Crippen LogP contribution < -0.4 is 5.32 Å². The summed E-state index contributed by atoms with van der Waals surface area (Å²) in [5.74, 6) is -1.30. The number of carboxylic acid groups (broad SMARTS) is 1. The minimum atomic E-state index is -0.789. The van der Waals surface area contributed by atoms with Crippen LogP contribution in [0.15, 0.2) is 24.3 Å². The third-order valence-electron chi connectivity index (χ3n) is 4.24. The predicted octanol–water partition coefficient (Wildman–Crippen LogP) is 3.00. The number of nitrogens with one attached hydrogen (secondary N) is 1. The predicted molar refractivity (Wildman–Crippen MR) is 95.4 cm³/mol. The van der Waals surface area contributed by atoms with Crippen LogP contribution in [0, 0.1) is 11.3 Å². The average Bonchev–Trinajstić information content (AvgIpc) is 2.53. The normalized spacial score (nSPS) is 15.7. The SMILES string of the molecule is CC(C)(C)CC(=O)Nc1ccc(C(=O)N2CCC(C(=O)O)CC2)cc1. The second kappa shape index (κ2) is 7.68. The summed E-state index contributed by atoms with van der Waals surface area (Å²) in [6, 6.07) is 6.83. The second-order valence-electron chi connectivity index (χ2n) is 7.77. The van der Waals surface area contributed by atoms with Crippen LogP contribution >= 0.6 is 0 Å². The lowest BCUT2D eigenvalue weighted by Gasteiger charge is -2.30. The van der Waals surface area contributed by atoms with Crippen LogP contribution in [0.4, 0.5) is 5.69 Å². The topological polar surface area (TPSA) is 86.7 Å². The number of rotatable bonds is 4. The van der Waals surface area contributed by atoms with Crippen molar-refractivity contribution < 1.29 is 19.5 Å². The van der Waals surface area contributed by atoms with Crippen LogP contribution in [0.3, 0.4) is 0 Å². The summed E-state index contributed by atoms with van der Waals surface area (Å²) in [6.45, 7) is 6.92. The van der Waals surface area contributed by atoms with E-state index in [1.807, 2.05) is 20.8 Å². The lowest BCUT2D eigenvalue weighted by atomic mass is 9.92. The molecule has 0 saturated carbocycles. The molecular formula is C19H26N2O4. The molecule has 6 nitrogen and oxygen atoms in total. The number of piperidine rings is 1. The van der Waals surface area contributed by atoms with Gasteiger partial charge in [0, 0.05) is 30.8 Å². The van der Waals surface area contributed by atoms with E-state index in [2.05, 4.69) is 5.32 Å². The minimum absolute atomic E-state index is 0.0534. The molecule has 0 unspecified atom stereocenters. The molecule has 1 heterocycles. The summed E-state index contributed by atoms with van der Waals surface area (Å²) in [4.78, 5) is 37.1. The van der Waals surface area contributed by atoms with Crippen LogP contribution in [0.2, 0.25) is 0 Å². The van der Waals surface area contributed by atoms with Gasteiger partial charge < -0.3 is 15.3 Å². The van der Waals surface area contributed by atoms with Gasteiger partial charge in [0.1, 0.15) is 0 Å². The molecule has 2 N–H and O–H groups in total. The van der Waals surface area contributed by atoms with Gasteiger partial charge in [0.05, 0.1) is 5.92 Å². The zero-order chi connectivity index (χ0) is 18.6. The zero-order valence-corrected chi connectivity index (χ0v) is 15.0. The second-order valence-corrected chi connectivity index (χ2v) is 7.77. The van der Waals surface area contributed by atoms with Crippen LogP contribution in [-0.2, 0) is 9.59 Å². The Labute approximate surface area is 148 Å². The van der Waals surface area contributed by atoms with E-state index in [0.717, 1.165) is 0 Å². The van der Waals surface area contributed by atoms with Gasteiger partial charge in [-0.25, -0.2) is 0 Å². The van der Waals surface area contributed by atoms with E-state index >= 15 is 0 Å². The van der Waals surface area contributed by atoms with Crippen LogP contribution in [-0.4, -0.2) is 40.9 Å². The first kappa shape index (κ1) is 19.0. The summed E-state index contributed by atoms with van der Waals surface area (Å²) in [5, 5.41) is 11.8. The molecule has 1 aromatic rings. The highest BCUT2D eigenvalue weighted by molar-refractivity contribution is 5.96. The summed E-state index contributed by atoms with van der Waals surface area (Å²) >= 11 is 0. The fourth-order valence-electron chi connectivity index (χ4n) is 2.90. The monoisotopic (exact) mass is 346 g/mol. The van der Waals surface area contributed by atoms with E-state index in [0.29, 0.717) is 43.6 Å². The van der Waals surface area contributed by atoms with Crippen molar-refractivity contribution in [3.05, 3.63) is 29.8 Å². The number of carbonyl (C=O) groups excluding carboxylic acids is 2. The Bertz CT molecular complexity index is 638. The van der Waals surface area contributed by atoms with Gasteiger partial charge in [0.25, 0.3) is 5.91 Å². The molecule has 1 saturated heterocycles. The Morgan fingerprint density at radius 2 is 1.68 bits per heavy atom. The third kappa shape index (κ3) is 5.59. The largest absolute Gasteiger partial charge is 0.481 e. The molecule has 0 aromatic heterocycles. The van der Waals surface area contributed by atoms with Gasteiger partial charge in [-0.05, 0) is 42.5 Å². The number of aliphatic carboxylic acids is 1. The standard InChI is InChI=1S/C19H26N2O4/c1-19(2,3)12-16(22)20-15-6-4-13(5-7-15)17(23)21-10-8-14(9-11-21)18(24)25/h4-7,14H,8-12H2,1-3H3,(H,20,22)(H,24,25). The maximum absolute atomic E-state index is 12.5. The molecule has 2 rings (SSSR count). The van der Waals surface area contributed by atoms with Crippen LogP contribution in [0.1, 0.15) is 50.4 Å². The first-order valence-corrected chi connectivity index (χ1v) is 8.58. The lowest BCUT2D eigenvalue weighted by molar-refractivity contribution is -0.143. The van der Waals surface area contributed by atoms with Gasteiger partial charge in [-0.15, -0.1) is 0 Å². The van der Waals surface area contributed by atoms with E-state index in [4.69, 9.17) is 5.11 Å². The van der Waals surface area contributed by atoms with Crippen molar-refractivity contribution in [3.63, 3.8) is 0 Å². The van der Waals surface area contributed by atoms with Crippen molar-refractivity contribution in [1.82, 2.24) is 4.90 Å². The molecule has 2 amide bonds. The quantitative estimate of drug-likeness (QED) is 0.877. The Morgan fingerprint density at radius 1 is 1.12 bits per heavy atom. The van der Waals surface area contributed by atoms with Crippen molar-refractivity contribution in [1.29, 1.82) is 0 Å². The van der Waals surface area contributed by atoms with E-state index in [-0.39, 0.29) is 23.1 Å². The lowest BCUT2D eigenvalue weighted by Crippen LogP contribution is -2.40. The molecule has 0 spiro atoms. The molecule has 0 atom stereocenters. The molecule has 1 aliphatic heterocycles. The van der Waals surface area contributed by atoms with E-state index in [9.17, 15) is 14.4 Å². The summed E-state index contributed by atoms with van der Waals surface area (Å²) < 4.78 is 0. The Balaban J connectivity index is 1.92. The Kier molecular flexibility index (Phi) is 5.82. The highest BCUT2D eigenvalue weighted by atomic mass is 16.4. The molecule has 0 bridgehead atoms. The van der Waals surface area contributed by atoms with Crippen LogP contribution in [0.25, 0.3) is 0 Å². The number of carbonyl (C=O) groups is 3. The Morgan fingerprint density at radius 3 is 2.16 bits per heavy atom. The van der Waals surface area contributed by atoms with Crippen molar-refractivity contribution >= 4 is 23.5 Å². The summed E-state index contributed by atoms with van der Waals surface area (Å²) in [5.41, 5.74) is 1.13. The smallest absolute Gasteiger partial charge is 0.306 e. The first-order valence-electron chi connectivity index (χ1n) is 8.58. The summed E-state index contributed by atoms with van der Waals surface area (Å²) in [6.07, 6.45) is 1.40. The molecule has 1 aromatic carbocycles. The third-order valence-corrected chi connectivity index (χ3v) is 4.24. The van der Waals surface area contributed by atoms with Crippen LogP contribution in [0.5, 0.6) is 0 Å². The average molecular weight is 346 g/mol. The molecule has 136 valence electrons. The van der Waals surface area contributed by atoms with Gasteiger partial charge in [0.15, 0.2) is 0 Å². The fraction of sp³-hybridized carbons (Fsp3) is 0.526. The van der Waals surface area contributed by atoms with Gasteiger partial charge in [-0.2, -0.15) is 0 Å². The molecular weight excluding hydrogens is 320 g/mol. The summed E-state index contributed by atoms with van der Waals surface area (Å²) in [7, 11) is 0. The maximum atomic E-state index is 12.5. The van der Waals surface area contributed by atoms with Crippen molar-refractivity contribution in [3.8, 4) is 0 Å². The molecule has 0 radical (unpaired) electrons. The van der Waals surface area contributed by atoms with Gasteiger partial charge in [-0.1, -0.05) is 20.8 Å². The van der Waals surface area contributed by atoms with Crippen molar-refractivity contribution in [2.24, 2.45) is 11.3 Å². The number of nitrogens with zero attached hydrogens (tertiary/aromatic N) is 1. The highest BCUT2D eigenvalue weighted by Crippen LogP contribution is 2.21. The van der Waals surface area contributed by atoms with Gasteiger partial charge in [0.2, 0.25) is 5.91 Å². The maximum Gasteiger partial charge on any atom is 0.306 e. The Hall–Kier alpha value is -2.37. The fourth-order valence-corrected chi connectivity index (χ4v) is 2.90. The van der Waals surface area contributed by atoms with Gasteiger partial charge in [-0.3, -0.25) is 14.4 Å². The number of hydrogen-bond donors (Lipinski definition) is 2. The van der Waals surface area contributed by atoms with Gasteiger partial charge >= 0.3 is 5.97 Å². The molecule has 25 heavy (non-hydrogen) atoms. The molecule has 6 heteroatoms. The number of likely N-dealkylation sites (tertiary alicyclic amines) is 1. The molecule has 1 aliphatic rings. The van der Waals surface area contributed by atoms with E-state index < -0.39 is 5.97 Å². The van der Waals surface area contributed by atoms with E-state index in [1.165, 1.54) is 0 Å². The molecule has 1 fully saturated rings. The number of benzene rings is 1. The minimum Gasteiger partial charge on any atom is -0.481 e. The number of anilines is 1. The molecule has 0 aliphatic carbocycles. The van der Waals surface area contributed by atoms with Crippen molar-refractivity contribution in [2.75, 3.05) is 18.4 Å². The van der Waals surface area contributed by atoms with E-state index in [1.54, 1.807) is 29.2 Å². The first-order chi connectivity index (χ1) is 11.7. The number of hydrogen-bond acceptors (Lipinski definition) is 3. The number of amides is 2.